The molecule has 1 aromatic carbocycles. The number of unbranched alkanes of at least 4 members (excludes halogenated alkanes) is 3. The summed E-state index contributed by atoms with van der Waals surface area (Å²) >= 11 is 0. The van der Waals surface area contributed by atoms with Crippen molar-refractivity contribution in [1.82, 2.24) is 0 Å². The highest BCUT2D eigenvalue weighted by atomic mass is 16.4. The predicted octanol–water partition coefficient (Wildman–Crippen LogP) is 8.28. The van der Waals surface area contributed by atoms with Gasteiger partial charge in [0, 0.05) is 36.0 Å². The second-order valence-electron chi connectivity index (χ2n) is 11.9. The summed E-state index contributed by atoms with van der Waals surface area (Å²) in [5, 5.41) is 19.9. The molecule has 0 fully saturated rings. The fourth-order valence-electron chi connectivity index (χ4n) is 4.76. The van der Waals surface area contributed by atoms with Crippen molar-refractivity contribution in [2.45, 2.75) is 119 Å². The molecule has 7 nitrogen and oxygen atoms in total. The molecule has 0 saturated carbocycles. The van der Waals surface area contributed by atoms with Crippen LogP contribution in [0.1, 0.15) is 170 Å². The van der Waals surface area contributed by atoms with Gasteiger partial charge in [-0.2, -0.15) is 0 Å². The largest absolute Gasteiger partial charge is 0.478 e. The SMILES string of the molecule is CC(C)CCCCC(=O)c1cc(C(=O)O)c(C(=O)O)c(C(=O)CCCCC(C)C)c1C(=O)CCCCC(C)C. The summed E-state index contributed by atoms with van der Waals surface area (Å²) < 4.78 is 0. The Labute approximate surface area is 233 Å². The number of hydrogen-bond donors (Lipinski definition) is 2. The summed E-state index contributed by atoms with van der Waals surface area (Å²) in [4.78, 5) is 65.0. The molecule has 39 heavy (non-hydrogen) atoms. The lowest BCUT2D eigenvalue weighted by Gasteiger charge is -2.18. The van der Waals surface area contributed by atoms with E-state index < -0.39 is 46.0 Å². The van der Waals surface area contributed by atoms with Crippen LogP contribution in [-0.2, 0) is 0 Å². The minimum atomic E-state index is -1.59. The summed E-state index contributed by atoms with van der Waals surface area (Å²) in [6.07, 6.45) is 6.72. The number of Topliss-reactive ketones (excluding diaryl/α,β-unsaturated/α-hetero) is 3. The van der Waals surface area contributed by atoms with Crippen molar-refractivity contribution in [3.05, 3.63) is 33.9 Å². The molecule has 2 N–H and O–H groups in total. The zero-order valence-corrected chi connectivity index (χ0v) is 24.7. The molecule has 7 heteroatoms. The number of ketones is 3. The highest BCUT2D eigenvalue weighted by Crippen LogP contribution is 2.30. The first kappa shape index (κ1) is 34.2. The van der Waals surface area contributed by atoms with Gasteiger partial charge in [-0.15, -0.1) is 0 Å². The monoisotopic (exact) mass is 544 g/mol. The van der Waals surface area contributed by atoms with Gasteiger partial charge in [0.2, 0.25) is 0 Å². The maximum absolute atomic E-state index is 13.6. The van der Waals surface area contributed by atoms with E-state index in [0.717, 1.165) is 44.6 Å². The van der Waals surface area contributed by atoms with Gasteiger partial charge in [-0.25, -0.2) is 9.59 Å². The van der Waals surface area contributed by atoms with E-state index in [4.69, 9.17) is 0 Å². The zero-order chi connectivity index (χ0) is 29.7. The van der Waals surface area contributed by atoms with Crippen molar-refractivity contribution in [2.75, 3.05) is 0 Å². The average Bonchev–Trinajstić information content (AvgIpc) is 2.84. The van der Waals surface area contributed by atoms with Crippen molar-refractivity contribution < 1.29 is 34.2 Å². The quantitative estimate of drug-likeness (QED) is 0.125. The van der Waals surface area contributed by atoms with E-state index in [1.807, 2.05) is 0 Å². The summed E-state index contributed by atoms with van der Waals surface area (Å²) in [5.74, 6) is -3.29. The number of benzene rings is 1. The van der Waals surface area contributed by atoms with Crippen LogP contribution in [0.5, 0.6) is 0 Å². The van der Waals surface area contributed by atoms with E-state index in [-0.39, 0.29) is 30.4 Å². The molecule has 0 spiro atoms. The first-order chi connectivity index (χ1) is 18.3. The minimum Gasteiger partial charge on any atom is -0.478 e. The normalized spacial score (nSPS) is 11.4. The van der Waals surface area contributed by atoms with Crippen LogP contribution in [0.2, 0.25) is 0 Å². The van der Waals surface area contributed by atoms with E-state index in [9.17, 15) is 34.2 Å². The van der Waals surface area contributed by atoms with Gasteiger partial charge in [0.1, 0.15) is 0 Å². The second kappa shape index (κ2) is 17.0. The smallest absolute Gasteiger partial charge is 0.337 e. The molecular formula is C32H48O7. The van der Waals surface area contributed by atoms with Crippen molar-refractivity contribution in [3.63, 3.8) is 0 Å². The Bertz CT molecular complexity index is 1020. The summed E-state index contributed by atoms with van der Waals surface area (Å²) in [5.41, 5.74) is -2.08. The Balaban J connectivity index is 3.64. The molecule has 0 amide bonds. The summed E-state index contributed by atoms with van der Waals surface area (Å²) in [7, 11) is 0. The third-order valence-electron chi connectivity index (χ3n) is 6.94. The molecule has 0 saturated heterocycles. The van der Waals surface area contributed by atoms with Crippen LogP contribution in [-0.4, -0.2) is 39.5 Å². The topological polar surface area (TPSA) is 126 Å². The summed E-state index contributed by atoms with van der Waals surface area (Å²) in [6.45, 7) is 12.5. The molecule has 0 aliphatic rings. The van der Waals surface area contributed by atoms with Crippen LogP contribution in [0.4, 0.5) is 0 Å². The third kappa shape index (κ3) is 11.4. The predicted molar refractivity (Wildman–Crippen MR) is 153 cm³/mol. The van der Waals surface area contributed by atoms with E-state index >= 15 is 0 Å². The fourth-order valence-corrected chi connectivity index (χ4v) is 4.76. The molecule has 0 aromatic heterocycles. The standard InChI is InChI=1S/C32H48O7/c1-20(2)13-7-10-16-25(33)23-19-24(31(36)37)29(32(38)39)30(27(35)18-12-9-15-22(5)6)28(23)26(34)17-11-8-14-21(3)4/h19-22H,7-18H2,1-6H3,(H,36,37)(H,38,39). The molecule has 1 aromatic rings. The molecule has 1 rings (SSSR count). The van der Waals surface area contributed by atoms with Gasteiger partial charge in [-0.05, 0) is 43.1 Å². The Morgan fingerprint density at radius 3 is 1.26 bits per heavy atom. The molecule has 0 unspecified atom stereocenters. The lowest BCUT2D eigenvalue weighted by molar-refractivity contribution is 0.0648. The Morgan fingerprint density at radius 2 is 0.897 bits per heavy atom. The van der Waals surface area contributed by atoms with Crippen molar-refractivity contribution in [3.8, 4) is 0 Å². The van der Waals surface area contributed by atoms with Crippen LogP contribution in [0, 0.1) is 17.8 Å². The van der Waals surface area contributed by atoms with Crippen LogP contribution >= 0.6 is 0 Å². The van der Waals surface area contributed by atoms with Gasteiger partial charge in [-0.1, -0.05) is 80.1 Å². The lowest BCUT2D eigenvalue weighted by atomic mass is 9.82. The Kier molecular flexibility index (Phi) is 14.9. The molecular weight excluding hydrogens is 496 g/mol. The fraction of sp³-hybridized carbons (Fsp3) is 0.656. The van der Waals surface area contributed by atoms with Gasteiger partial charge in [0.05, 0.1) is 11.1 Å². The number of carbonyl (C=O) groups excluding carboxylic acids is 3. The van der Waals surface area contributed by atoms with Gasteiger partial charge in [-0.3, -0.25) is 14.4 Å². The maximum Gasteiger partial charge on any atom is 0.337 e. The van der Waals surface area contributed by atoms with Crippen molar-refractivity contribution in [2.24, 2.45) is 17.8 Å². The summed E-state index contributed by atoms with van der Waals surface area (Å²) in [6, 6.07) is 1.01. The van der Waals surface area contributed by atoms with E-state index in [1.54, 1.807) is 0 Å². The van der Waals surface area contributed by atoms with Crippen LogP contribution in [0.15, 0.2) is 6.07 Å². The molecule has 0 atom stereocenters. The third-order valence-corrected chi connectivity index (χ3v) is 6.94. The molecule has 0 aliphatic heterocycles. The maximum atomic E-state index is 13.6. The molecule has 0 bridgehead atoms. The molecule has 0 radical (unpaired) electrons. The van der Waals surface area contributed by atoms with Gasteiger partial charge in [0.25, 0.3) is 0 Å². The van der Waals surface area contributed by atoms with Crippen LogP contribution < -0.4 is 0 Å². The van der Waals surface area contributed by atoms with Crippen LogP contribution in [0.25, 0.3) is 0 Å². The van der Waals surface area contributed by atoms with Gasteiger partial charge in [0.15, 0.2) is 17.3 Å². The highest BCUT2D eigenvalue weighted by Gasteiger charge is 2.33. The molecule has 0 aliphatic carbocycles. The Morgan fingerprint density at radius 1 is 0.513 bits per heavy atom. The number of hydrogen-bond acceptors (Lipinski definition) is 5. The van der Waals surface area contributed by atoms with Crippen LogP contribution in [0.3, 0.4) is 0 Å². The number of carbonyl (C=O) groups is 5. The van der Waals surface area contributed by atoms with Crippen molar-refractivity contribution >= 4 is 29.3 Å². The van der Waals surface area contributed by atoms with E-state index in [2.05, 4.69) is 41.5 Å². The van der Waals surface area contributed by atoms with E-state index in [0.29, 0.717) is 37.0 Å². The average molecular weight is 545 g/mol. The highest BCUT2D eigenvalue weighted by molar-refractivity contribution is 6.21. The second-order valence-corrected chi connectivity index (χ2v) is 11.9. The van der Waals surface area contributed by atoms with Gasteiger partial charge >= 0.3 is 11.9 Å². The lowest BCUT2D eigenvalue weighted by Crippen LogP contribution is -2.23. The number of rotatable bonds is 20. The minimum absolute atomic E-state index is 0.0221. The number of carboxylic acids is 2. The van der Waals surface area contributed by atoms with E-state index in [1.165, 1.54) is 0 Å². The molecule has 218 valence electrons. The number of aromatic carboxylic acids is 2. The van der Waals surface area contributed by atoms with Gasteiger partial charge < -0.3 is 10.2 Å². The molecule has 0 heterocycles. The Hall–Kier alpha value is -2.83. The van der Waals surface area contributed by atoms with Crippen molar-refractivity contribution in [1.29, 1.82) is 0 Å². The number of carboxylic acid groups (broad SMARTS) is 2. The first-order valence-corrected chi connectivity index (χ1v) is 14.5. The zero-order valence-electron chi connectivity index (χ0n) is 24.7. The first-order valence-electron chi connectivity index (χ1n) is 14.5.